The van der Waals surface area contributed by atoms with E-state index in [1.165, 1.54) is 12.1 Å². The lowest BCUT2D eigenvalue weighted by molar-refractivity contribution is -0.137. The van der Waals surface area contributed by atoms with Crippen LogP contribution in [0.15, 0.2) is 79.1 Å². The maximum absolute atomic E-state index is 12.7. The van der Waals surface area contributed by atoms with E-state index in [1.54, 1.807) is 12.1 Å². The molecule has 3 N–H and O–H groups in total. The van der Waals surface area contributed by atoms with Gasteiger partial charge in [-0.05, 0) is 47.5 Å². The van der Waals surface area contributed by atoms with Gasteiger partial charge in [0.1, 0.15) is 11.6 Å². The summed E-state index contributed by atoms with van der Waals surface area (Å²) in [6.45, 7) is 0.461. The normalized spacial score (nSPS) is 11.2. The molecule has 0 aliphatic carbocycles. The molecule has 2 aromatic carbocycles. The van der Waals surface area contributed by atoms with Crippen molar-refractivity contribution in [3.8, 4) is 5.82 Å². The zero-order valence-electron chi connectivity index (χ0n) is 18.9. The van der Waals surface area contributed by atoms with Crippen molar-refractivity contribution in [2.45, 2.75) is 19.3 Å². The smallest absolute Gasteiger partial charge is 0.361 e. The first-order valence-corrected chi connectivity index (χ1v) is 11.3. The van der Waals surface area contributed by atoms with Gasteiger partial charge in [-0.3, -0.25) is 4.79 Å². The van der Waals surface area contributed by atoms with Crippen LogP contribution in [0.2, 0.25) is 5.02 Å². The highest BCUT2D eigenvalue weighted by atomic mass is 35.5. The van der Waals surface area contributed by atoms with Crippen LogP contribution in [0.1, 0.15) is 16.7 Å². The third-order valence-corrected chi connectivity index (χ3v) is 5.36. The van der Waals surface area contributed by atoms with Crippen molar-refractivity contribution in [1.82, 2.24) is 19.9 Å². The van der Waals surface area contributed by atoms with Crippen LogP contribution in [-0.4, -0.2) is 27.0 Å². The Bertz CT molecular complexity index is 1310. The van der Waals surface area contributed by atoms with Gasteiger partial charge in [0.15, 0.2) is 0 Å². The van der Waals surface area contributed by atoms with Crippen LogP contribution in [0.4, 0.5) is 24.9 Å². The molecule has 0 aliphatic rings. The number of carbonyl (C=O) groups is 1. The molecule has 1 amide bonds. The number of nitrogens with zero attached hydrogens (tertiary/aromatic N) is 3. The first-order valence-electron chi connectivity index (χ1n) is 10.9. The summed E-state index contributed by atoms with van der Waals surface area (Å²) < 4.78 is 39.9. The summed E-state index contributed by atoms with van der Waals surface area (Å²) in [6, 6.07) is 17.5. The summed E-state index contributed by atoms with van der Waals surface area (Å²) in [7, 11) is 0. The minimum absolute atomic E-state index is 0.0868. The number of nitrogens with one attached hydrogen (secondary N) is 3. The molecule has 11 heteroatoms. The van der Waals surface area contributed by atoms with Crippen LogP contribution < -0.4 is 16.0 Å². The summed E-state index contributed by atoms with van der Waals surface area (Å²) >= 11 is 6.05. The van der Waals surface area contributed by atoms with E-state index in [0.29, 0.717) is 34.7 Å². The van der Waals surface area contributed by atoms with Crippen molar-refractivity contribution in [2.75, 3.05) is 17.2 Å². The summed E-state index contributed by atoms with van der Waals surface area (Å²) in [5, 5.41) is 9.44. The number of anilines is 2. The first kappa shape index (κ1) is 25.1. The van der Waals surface area contributed by atoms with Crippen molar-refractivity contribution in [3.05, 3.63) is 101 Å². The van der Waals surface area contributed by atoms with Gasteiger partial charge in [-0.2, -0.15) is 23.1 Å². The van der Waals surface area contributed by atoms with Gasteiger partial charge in [0.2, 0.25) is 11.9 Å². The molecule has 0 bridgehead atoms. The van der Waals surface area contributed by atoms with E-state index in [9.17, 15) is 18.0 Å². The number of benzene rings is 2. The molecule has 7 nitrogen and oxygen atoms in total. The average molecular weight is 515 g/mol. The number of hydrogen-bond acceptors (Lipinski definition) is 5. The van der Waals surface area contributed by atoms with E-state index in [0.717, 1.165) is 17.7 Å². The van der Waals surface area contributed by atoms with Crippen LogP contribution in [0.25, 0.3) is 5.82 Å². The van der Waals surface area contributed by atoms with Gasteiger partial charge in [0, 0.05) is 36.6 Å². The second-order valence-electron chi connectivity index (χ2n) is 7.83. The van der Waals surface area contributed by atoms with Gasteiger partial charge in [-0.1, -0.05) is 35.9 Å². The number of hydrogen-bond donors (Lipinski definition) is 3. The molecule has 36 heavy (non-hydrogen) atoms. The van der Waals surface area contributed by atoms with Crippen LogP contribution in [0.5, 0.6) is 0 Å². The number of carbonyl (C=O) groups excluding carboxylic acids is 1. The Morgan fingerprint density at radius 2 is 1.64 bits per heavy atom. The fourth-order valence-electron chi connectivity index (χ4n) is 3.30. The van der Waals surface area contributed by atoms with E-state index in [4.69, 9.17) is 11.6 Å². The molecule has 2 aromatic heterocycles. The van der Waals surface area contributed by atoms with Gasteiger partial charge in [-0.15, -0.1) is 0 Å². The van der Waals surface area contributed by atoms with E-state index < -0.39 is 11.7 Å². The molecule has 2 heterocycles. The molecule has 0 radical (unpaired) electrons. The van der Waals surface area contributed by atoms with Crippen LogP contribution in [-0.2, 0) is 24.1 Å². The standard InChI is InChI=1S/C25H22ClF3N6O/c26-20-5-3-4-18(12-20)15-32-24-33-21(13-22(34-24)35-10-1-2-11-35)30-16-23(36)31-14-17-6-8-19(9-7-17)25(27,28)29/h1-13H,14-16H2,(H,31,36)(H2,30,32,33,34). The number of amides is 1. The summed E-state index contributed by atoms with van der Waals surface area (Å²) in [4.78, 5) is 21.3. The predicted octanol–water partition coefficient (Wildman–Crippen LogP) is 5.28. The summed E-state index contributed by atoms with van der Waals surface area (Å²) in [6.07, 6.45) is -0.724. The fourth-order valence-corrected chi connectivity index (χ4v) is 3.51. The molecule has 4 rings (SSSR count). The highest BCUT2D eigenvalue weighted by molar-refractivity contribution is 6.30. The van der Waals surface area contributed by atoms with E-state index in [-0.39, 0.29) is 19.0 Å². The zero-order chi connectivity index (χ0) is 25.5. The average Bonchev–Trinajstić information content (AvgIpc) is 3.40. The number of rotatable bonds is 9. The number of halogens is 4. The molecule has 0 saturated carbocycles. The molecule has 186 valence electrons. The number of alkyl halides is 3. The fraction of sp³-hybridized carbons (Fsp3) is 0.160. The Morgan fingerprint density at radius 1 is 0.889 bits per heavy atom. The van der Waals surface area contributed by atoms with Crippen molar-refractivity contribution in [2.24, 2.45) is 0 Å². The zero-order valence-corrected chi connectivity index (χ0v) is 19.6. The Balaban J connectivity index is 1.38. The lowest BCUT2D eigenvalue weighted by atomic mass is 10.1. The molecular formula is C25H22ClF3N6O. The number of aromatic nitrogens is 3. The summed E-state index contributed by atoms with van der Waals surface area (Å²) in [5.74, 6) is 1.03. The van der Waals surface area contributed by atoms with Crippen LogP contribution >= 0.6 is 11.6 Å². The van der Waals surface area contributed by atoms with Gasteiger partial charge in [-0.25, -0.2) is 0 Å². The largest absolute Gasteiger partial charge is 0.416 e. The van der Waals surface area contributed by atoms with E-state index in [2.05, 4.69) is 25.9 Å². The molecule has 0 atom stereocenters. The maximum atomic E-state index is 12.7. The Hall–Kier alpha value is -4.05. The Labute approximate surface area is 210 Å². The molecule has 0 spiro atoms. The molecule has 0 aliphatic heterocycles. The Morgan fingerprint density at radius 3 is 2.33 bits per heavy atom. The third-order valence-electron chi connectivity index (χ3n) is 5.12. The topological polar surface area (TPSA) is 83.9 Å². The highest BCUT2D eigenvalue weighted by Crippen LogP contribution is 2.29. The van der Waals surface area contributed by atoms with Gasteiger partial charge < -0.3 is 20.5 Å². The summed E-state index contributed by atoms with van der Waals surface area (Å²) in [5.41, 5.74) is 0.775. The van der Waals surface area contributed by atoms with Crippen molar-refractivity contribution in [1.29, 1.82) is 0 Å². The van der Waals surface area contributed by atoms with Crippen molar-refractivity contribution in [3.63, 3.8) is 0 Å². The second-order valence-corrected chi connectivity index (χ2v) is 8.27. The van der Waals surface area contributed by atoms with Crippen LogP contribution in [0.3, 0.4) is 0 Å². The molecular weight excluding hydrogens is 493 g/mol. The molecule has 0 unspecified atom stereocenters. The van der Waals surface area contributed by atoms with Crippen molar-refractivity contribution < 1.29 is 18.0 Å². The van der Waals surface area contributed by atoms with Gasteiger partial charge in [0.05, 0.1) is 12.1 Å². The second kappa shape index (κ2) is 11.1. The maximum Gasteiger partial charge on any atom is 0.416 e. The third kappa shape index (κ3) is 6.98. The SMILES string of the molecule is O=C(CNc1cc(-n2cccc2)nc(NCc2cccc(Cl)c2)n1)NCc1ccc(C(F)(F)F)cc1. The molecule has 0 fully saturated rings. The van der Waals surface area contributed by atoms with Crippen molar-refractivity contribution >= 4 is 29.3 Å². The highest BCUT2D eigenvalue weighted by Gasteiger charge is 2.29. The lowest BCUT2D eigenvalue weighted by Gasteiger charge is -2.12. The van der Waals surface area contributed by atoms with Gasteiger partial charge >= 0.3 is 6.18 Å². The lowest BCUT2D eigenvalue weighted by Crippen LogP contribution is -2.29. The van der Waals surface area contributed by atoms with E-state index in [1.807, 2.05) is 47.3 Å². The predicted molar refractivity (Wildman–Crippen MR) is 132 cm³/mol. The first-order chi connectivity index (χ1) is 17.3. The van der Waals surface area contributed by atoms with E-state index >= 15 is 0 Å². The Kier molecular flexibility index (Phi) is 7.74. The van der Waals surface area contributed by atoms with Gasteiger partial charge in [0.25, 0.3) is 0 Å². The van der Waals surface area contributed by atoms with Crippen LogP contribution in [0, 0.1) is 0 Å². The minimum atomic E-state index is -4.40. The molecule has 4 aromatic rings. The molecule has 0 saturated heterocycles. The minimum Gasteiger partial charge on any atom is -0.361 e. The quantitative estimate of drug-likeness (QED) is 0.283. The monoisotopic (exact) mass is 514 g/mol.